The van der Waals surface area contributed by atoms with Gasteiger partial charge in [-0.1, -0.05) is 12.1 Å². The summed E-state index contributed by atoms with van der Waals surface area (Å²) in [4.78, 5) is 0. The van der Waals surface area contributed by atoms with Crippen LogP contribution in [0.15, 0.2) is 18.2 Å². The summed E-state index contributed by atoms with van der Waals surface area (Å²) in [5, 5.41) is 3.15. The quantitative estimate of drug-likeness (QED) is 0.860. The van der Waals surface area contributed by atoms with Crippen molar-refractivity contribution < 1.29 is 8.78 Å². The van der Waals surface area contributed by atoms with Gasteiger partial charge in [-0.05, 0) is 68.8 Å². The van der Waals surface area contributed by atoms with Gasteiger partial charge in [0.1, 0.15) is 0 Å². The van der Waals surface area contributed by atoms with E-state index < -0.39 is 11.8 Å². The first-order valence-electron chi connectivity index (χ1n) is 7.39. The van der Waals surface area contributed by atoms with Crippen LogP contribution in [-0.4, -0.2) is 13.1 Å². The number of hydrogen-bond acceptors (Lipinski definition) is 1. The molecule has 1 aliphatic heterocycles. The standard InChI is InChI=1S/C16H21F2N/c17-16(18,14-7-9-19-10-8-14)15-6-5-12-3-1-2-4-13(12)11-15/h5-6,11,14,19H,1-4,7-10H2. The van der Waals surface area contributed by atoms with Crippen LogP contribution in [0.3, 0.4) is 0 Å². The fourth-order valence-electron chi connectivity index (χ4n) is 3.36. The molecule has 0 amide bonds. The minimum Gasteiger partial charge on any atom is -0.317 e. The van der Waals surface area contributed by atoms with E-state index in [-0.39, 0.29) is 5.56 Å². The highest BCUT2D eigenvalue weighted by molar-refractivity contribution is 5.36. The summed E-state index contributed by atoms with van der Waals surface area (Å²) in [6, 6.07) is 5.36. The van der Waals surface area contributed by atoms with Gasteiger partial charge in [-0.3, -0.25) is 0 Å². The van der Waals surface area contributed by atoms with Crippen LogP contribution in [0.25, 0.3) is 0 Å². The molecule has 1 fully saturated rings. The van der Waals surface area contributed by atoms with Crippen LogP contribution in [0, 0.1) is 5.92 Å². The minimum absolute atomic E-state index is 0.236. The van der Waals surface area contributed by atoms with Crippen molar-refractivity contribution in [3.05, 3.63) is 34.9 Å². The van der Waals surface area contributed by atoms with E-state index in [0.717, 1.165) is 24.8 Å². The number of halogens is 2. The molecule has 1 aromatic rings. The summed E-state index contributed by atoms with van der Waals surface area (Å²) in [7, 11) is 0. The Morgan fingerprint density at radius 1 is 1.00 bits per heavy atom. The topological polar surface area (TPSA) is 12.0 Å². The lowest BCUT2D eigenvalue weighted by Crippen LogP contribution is -2.36. The molecule has 0 unspecified atom stereocenters. The average Bonchev–Trinajstić information content (AvgIpc) is 2.47. The summed E-state index contributed by atoms with van der Waals surface area (Å²) < 4.78 is 29.2. The van der Waals surface area contributed by atoms with Gasteiger partial charge in [0.15, 0.2) is 0 Å². The number of piperidine rings is 1. The van der Waals surface area contributed by atoms with E-state index in [9.17, 15) is 8.78 Å². The molecule has 2 aliphatic rings. The lowest BCUT2D eigenvalue weighted by molar-refractivity contribution is -0.0754. The summed E-state index contributed by atoms with van der Waals surface area (Å²) in [6.45, 7) is 1.43. The normalized spacial score (nSPS) is 21.2. The van der Waals surface area contributed by atoms with E-state index in [4.69, 9.17) is 0 Å². The number of nitrogens with one attached hydrogen (secondary N) is 1. The molecule has 19 heavy (non-hydrogen) atoms. The summed E-state index contributed by atoms with van der Waals surface area (Å²) in [6.07, 6.45) is 5.49. The van der Waals surface area contributed by atoms with Gasteiger partial charge in [0.25, 0.3) is 5.92 Å². The maximum atomic E-state index is 14.6. The van der Waals surface area contributed by atoms with Crippen LogP contribution in [0.5, 0.6) is 0 Å². The lowest BCUT2D eigenvalue weighted by Gasteiger charge is -2.31. The molecule has 0 atom stereocenters. The van der Waals surface area contributed by atoms with E-state index >= 15 is 0 Å². The third-order valence-corrected chi connectivity index (χ3v) is 4.59. The second kappa shape index (κ2) is 5.20. The maximum Gasteiger partial charge on any atom is 0.276 e. The highest BCUT2D eigenvalue weighted by Gasteiger charge is 2.41. The fraction of sp³-hybridized carbons (Fsp3) is 0.625. The SMILES string of the molecule is FC(F)(c1ccc2c(c1)CCCC2)C1CCNCC1. The van der Waals surface area contributed by atoms with Crippen LogP contribution in [0.1, 0.15) is 42.4 Å². The molecular formula is C16H21F2N. The number of benzene rings is 1. The summed E-state index contributed by atoms with van der Waals surface area (Å²) in [5.74, 6) is -3.18. The first-order chi connectivity index (χ1) is 9.18. The van der Waals surface area contributed by atoms with Gasteiger partial charge in [0, 0.05) is 11.5 Å². The van der Waals surface area contributed by atoms with Crippen molar-refractivity contribution in [2.75, 3.05) is 13.1 Å². The van der Waals surface area contributed by atoms with E-state index in [2.05, 4.69) is 5.32 Å². The number of hydrogen-bond donors (Lipinski definition) is 1. The Morgan fingerprint density at radius 3 is 2.42 bits per heavy atom. The summed E-state index contributed by atoms with van der Waals surface area (Å²) >= 11 is 0. The molecule has 104 valence electrons. The Kier molecular flexibility index (Phi) is 3.57. The average molecular weight is 265 g/mol. The molecule has 1 aliphatic carbocycles. The largest absolute Gasteiger partial charge is 0.317 e. The van der Waals surface area contributed by atoms with Gasteiger partial charge in [0.2, 0.25) is 0 Å². The summed E-state index contributed by atoms with van der Waals surface area (Å²) in [5.41, 5.74) is 2.66. The van der Waals surface area contributed by atoms with Gasteiger partial charge < -0.3 is 5.32 Å². The van der Waals surface area contributed by atoms with Gasteiger partial charge >= 0.3 is 0 Å². The van der Waals surface area contributed by atoms with Crippen molar-refractivity contribution >= 4 is 0 Å². The molecule has 0 saturated carbocycles. The van der Waals surface area contributed by atoms with Crippen molar-refractivity contribution in [2.24, 2.45) is 5.92 Å². The highest BCUT2D eigenvalue weighted by atomic mass is 19.3. The molecule has 1 aromatic carbocycles. The molecular weight excluding hydrogens is 244 g/mol. The van der Waals surface area contributed by atoms with E-state index in [1.165, 1.54) is 12.0 Å². The van der Waals surface area contributed by atoms with Crippen molar-refractivity contribution in [1.82, 2.24) is 5.32 Å². The fourth-order valence-corrected chi connectivity index (χ4v) is 3.36. The van der Waals surface area contributed by atoms with Crippen LogP contribution >= 0.6 is 0 Å². The molecule has 0 aromatic heterocycles. The second-order valence-electron chi connectivity index (χ2n) is 5.84. The third kappa shape index (κ3) is 2.53. The zero-order valence-electron chi connectivity index (χ0n) is 11.2. The Morgan fingerprint density at radius 2 is 1.68 bits per heavy atom. The van der Waals surface area contributed by atoms with Crippen LogP contribution in [-0.2, 0) is 18.8 Å². The van der Waals surface area contributed by atoms with Crippen LogP contribution < -0.4 is 5.32 Å². The van der Waals surface area contributed by atoms with Crippen LogP contribution in [0.4, 0.5) is 8.78 Å². The zero-order chi connectivity index (χ0) is 13.3. The van der Waals surface area contributed by atoms with Gasteiger partial charge in [-0.2, -0.15) is 0 Å². The van der Waals surface area contributed by atoms with Crippen LogP contribution in [0.2, 0.25) is 0 Å². The molecule has 3 rings (SSSR count). The molecule has 0 bridgehead atoms. The van der Waals surface area contributed by atoms with E-state index in [0.29, 0.717) is 25.9 Å². The molecule has 1 heterocycles. The van der Waals surface area contributed by atoms with Crippen molar-refractivity contribution in [3.63, 3.8) is 0 Å². The Labute approximate surface area is 113 Å². The van der Waals surface area contributed by atoms with E-state index in [1.54, 1.807) is 12.1 Å². The van der Waals surface area contributed by atoms with Gasteiger partial charge in [-0.25, -0.2) is 8.78 Å². The number of fused-ring (bicyclic) bond motifs is 1. The minimum atomic E-state index is -2.67. The Bertz CT molecular complexity index is 450. The maximum absolute atomic E-state index is 14.6. The number of alkyl halides is 2. The Balaban J connectivity index is 1.87. The molecule has 1 N–H and O–H groups in total. The van der Waals surface area contributed by atoms with E-state index in [1.807, 2.05) is 6.07 Å². The first-order valence-corrected chi connectivity index (χ1v) is 7.39. The first kappa shape index (κ1) is 13.0. The predicted octanol–water partition coefficient (Wildman–Crippen LogP) is 3.66. The predicted molar refractivity (Wildman–Crippen MR) is 72.6 cm³/mol. The molecule has 0 radical (unpaired) electrons. The number of aryl methyl sites for hydroxylation is 2. The van der Waals surface area contributed by atoms with Gasteiger partial charge in [0.05, 0.1) is 0 Å². The molecule has 0 spiro atoms. The molecule has 3 heteroatoms. The third-order valence-electron chi connectivity index (χ3n) is 4.59. The number of rotatable bonds is 2. The monoisotopic (exact) mass is 265 g/mol. The lowest BCUT2D eigenvalue weighted by atomic mass is 9.84. The Hall–Kier alpha value is -0.960. The smallest absolute Gasteiger partial charge is 0.276 e. The van der Waals surface area contributed by atoms with Crippen molar-refractivity contribution in [2.45, 2.75) is 44.4 Å². The molecule has 1 nitrogen and oxygen atoms in total. The zero-order valence-corrected chi connectivity index (χ0v) is 11.2. The van der Waals surface area contributed by atoms with Crippen molar-refractivity contribution in [3.8, 4) is 0 Å². The highest BCUT2D eigenvalue weighted by Crippen LogP contribution is 2.41. The van der Waals surface area contributed by atoms with Crippen molar-refractivity contribution in [1.29, 1.82) is 0 Å². The molecule has 1 saturated heterocycles. The second-order valence-corrected chi connectivity index (χ2v) is 5.84. The van der Waals surface area contributed by atoms with Gasteiger partial charge in [-0.15, -0.1) is 0 Å².